The number of hydroxylamine groups is 1. The van der Waals surface area contributed by atoms with Crippen LogP contribution in [0.25, 0.3) is 0 Å². The number of nitrogens with zero attached hydrogens (tertiary/aromatic N) is 1. The molecule has 0 saturated carbocycles. The van der Waals surface area contributed by atoms with Crippen LogP contribution in [0, 0.1) is 0 Å². The number of carbonyl (C=O) groups excluding carboxylic acids is 2. The van der Waals surface area contributed by atoms with E-state index >= 15 is 0 Å². The smallest absolute Gasteiger partial charge is 0.274 e. The number of hydrogen-bond acceptors (Lipinski definition) is 4. The molecule has 0 aliphatic carbocycles. The van der Waals surface area contributed by atoms with E-state index in [1.165, 1.54) is 4.90 Å². The summed E-state index contributed by atoms with van der Waals surface area (Å²) in [7, 11) is 0. The van der Waals surface area contributed by atoms with E-state index in [9.17, 15) is 14.7 Å². The number of nitrogens with one attached hydrogen (secondary N) is 1. The summed E-state index contributed by atoms with van der Waals surface area (Å²) in [6, 6.07) is 15.4. The van der Waals surface area contributed by atoms with Crippen LogP contribution in [0.3, 0.4) is 0 Å². The van der Waals surface area contributed by atoms with E-state index in [4.69, 9.17) is 5.21 Å². The normalized spacial score (nSPS) is 10.2. The standard InChI is InChI=1S/C17H18N2O4/c20-11-10-19(17(22)15-4-2-1-3-5-15)12-13-6-8-14(9-7-13)16(21)18-23/h1-9,20,23H,10-12H2,(H,18,21). The molecule has 2 amide bonds. The van der Waals surface area contributed by atoms with Crippen LogP contribution in [0.15, 0.2) is 54.6 Å². The van der Waals surface area contributed by atoms with Crippen LogP contribution in [0.2, 0.25) is 0 Å². The number of aliphatic hydroxyl groups excluding tert-OH is 1. The van der Waals surface area contributed by atoms with Crippen molar-refractivity contribution < 1.29 is 19.9 Å². The van der Waals surface area contributed by atoms with Gasteiger partial charge in [-0.15, -0.1) is 0 Å². The van der Waals surface area contributed by atoms with E-state index in [0.717, 1.165) is 5.56 Å². The van der Waals surface area contributed by atoms with Gasteiger partial charge in [-0.25, -0.2) is 5.48 Å². The largest absolute Gasteiger partial charge is 0.395 e. The Bertz CT molecular complexity index is 656. The lowest BCUT2D eigenvalue weighted by Gasteiger charge is -2.22. The molecule has 0 spiro atoms. The van der Waals surface area contributed by atoms with Gasteiger partial charge in [-0.05, 0) is 29.8 Å². The first-order valence-electron chi connectivity index (χ1n) is 7.14. The fourth-order valence-corrected chi connectivity index (χ4v) is 2.18. The van der Waals surface area contributed by atoms with E-state index in [1.54, 1.807) is 54.0 Å². The molecule has 0 radical (unpaired) electrons. The number of rotatable bonds is 6. The zero-order chi connectivity index (χ0) is 16.7. The first-order chi connectivity index (χ1) is 11.2. The maximum Gasteiger partial charge on any atom is 0.274 e. The van der Waals surface area contributed by atoms with Crippen molar-refractivity contribution in [1.82, 2.24) is 10.4 Å². The van der Waals surface area contributed by atoms with E-state index in [0.29, 0.717) is 17.7 Å². The predicted molar refractivity (Wildman–Crippen MR) is 84.0 cm³/mol. The first kappa shape index (κ1) is 16.7. The molecule has 2 aromatic carbocycles. The Hall–Kier alpha value is -2.70. The molecule has 0 unspecified atom stereocenters. The minimum Gasteiger partial charge on any atom is -0.395 e. The predicted octanol–water partition coefficient (Wildman–Crippen LogP) is 1.44. The van der Waals surface area contributed by atoms with Gasteiger partial charge in [0.2, 0.25) is 0 Å². The Kier molecular flexibility index (Phi) is 5.85. The topological polar surface area (TPSA) is 89.9 Å². The molecule has 3 N–H and O–H groups in total. The minimum atomic E-state index is -0.593. The third-order valence-electron chi connectivity index (χ3n) is 3.37. The molecule has 120 valence electrons. The molecule has 2 rings (SSSR count). The highest BCUT2D eigenvalue weighted by Crippen LogP contribution is 2.11. The zero-order valence-corrected chi connectivity index (χ0v) is 12.5. The summed E-state index contributed by atoms with van der Waals surface area (Å²) in [5, 5.41) is 17.8. The molecule has 0 bridgehead atoms. The summed E-state index contributed by atoms with van der Waals surface area (Å²) in [5.41, 5.74) is 3.25. The van der Waals surface area contributed by atoms with Crippen LogP contribution >= 0.6 is 0 Å². The quantitative estimate of drug-likeness (QED) is 0.556. The Morgan fingerprint density at radius 1 is 0.957 bits per heavy atom. The number of benzene rings is 2. The van der Waals surface area contributed by atoms with Crippen LogP contribution < -0.4 is 5.48 Å². The van der Waals surface area contributed by atoms with Crippen molar-refractivity contribution >= 4 is 11.8 Å². The van der Waals surface area contributed by atoms with Crippen LogP contribution in [-0.2, 0) is 6.54 Å². The fourth-order valence-electron chi connectivity index (χ4n) is 2.18. The third kappa shape index (κ3) is 4.38. The van der Waals surface area contributed by atoms with Gasteiger partial charge >= 0.3 is 0 Å². The van der Waals surface area contributed by atoms with Crippen LogP contribution in [0.4, 0.5) is 0 Å². The summed E-state index contributed by atoms with van der Waals surface area (Å²) in [4.78, 5) is 25.3. The van der Waals surface area contributed by atoms with Gasteiger partial charge in [-0.1, -0.05) is 30.3 Å². The molecule has 6 nitrogen and oxygen atoms in total. The van der Waals surface area contributed by atoms with Gasteiger partial charge in [-0.3, -0.25) is 14.8 Å². The highest BCUT2D eigenvalue weighted by molar-refractivity contribution is 5.94. The Morgan fingerprint density at radius 3 is 2.17 bits per heavy atom. The lowest BCUT2D eigenvalue weighted by atomic mass is 10.1. The summed E-state index contributed by atoms with van der Waals surface area (Å²) in [6.07, 6.45) is 0. The number of amides is 2. The molecule has 0 aliphatic heterocycles. The molecular weight excluding hydrogens is 296 g/mol. The highest BCUT2D eigenvalue weighted by Gasteiger charge is 2.15. The SMILES string of the molecule is O=C(NO)c1ccc(CN(CCO)C(=O)c2ccccc2)cc1. The Morgan fingerprint density at radius 2 is 1.61 bits per heavy atom. The second-order valence-electron chi connectivity index (χ2n) is 4.95. The summed E-state index contributed by atoms with van der Waals surface area (Å²) < 4.78 is 0. The number of carbonyl (C=O) groups is 2. The highest BCUT2D eigenvalue weighted by atomic mass is 16.5. The Balaban J connectivity index is 2.13. The van der Waals surface area contributed by atoms with E-state index in [1.807, 2.05) is 6.07 Å². The monoisotopic (exact) mass is 314 g/mol. The number of hydrogen-bond donors (Lipinski definition) is 3. The van der Waals surface area contributed by atoms with Gasteiger partial charge in [0.1, 0.15) is 0 Å². The van der Waals surface area contributed by atoms with Gasteiger partial charge in [-0.2, -0.15) is 0 Å². The maximum atomic E-state index is 12.5. The van der Waals surface area contributed by atoms with Crippen LogP contribution in [0.5, 0.6) is 0 Å². The molecule has 0 atom stereocenters. The summed E-state index contributed by atoms with van der Waals surface area (Å²) in [5.74, 6) is -0.763. The second kappa shape index (κ2) is 8.07. The van der Waals surface area contributed by atoms with Gasteiger partial charge in [0.05, 0.1) is 6.61 Å². The molecule has 0 aliphatic rings. The second-order valence-corrected chi connectivity index (χ2v) is 4.95. The lowest BCUT2D eigenvalue weighted by molar-refractivity contribution is 0.0699. The average Bonchev–Trinajstić information content (AvgIpc) is 2.61. The Labute approximate surface area is 133 Å². The van der Waals surface area contributed by atoms with Crippen molar-refractivity contribution in [2.45, 2.75) is 6.54 Å². The zero-order valence-electron chi connectivity index (χ0n) is 12.5. The molecule has 0 fully saturated rings. The first-order valence-corrected chi connectivity index (χ1v) is 7.14. The van der Waals surface area contributed by atoms with E-state index in [2.05, 4.69) is 0 Å². The van der Waals surface area contributed by atoms with Gasteiger partial charge in [0.15, 0.2) is 0 Å². The van der Waals surface area contributed by atoms with Gasteiger partial charge in [0.25, 0.3) is 11.8 Å². The lowest BCUT2D eigenvalue weighted by Crippen LogP contribution is -2.33. The maximum absolute atomic E-state index is 12.5. The van der Waals surface area contributed by atoms with E-state index < -0.39 is 5.91 Å². The van der Waals surface area contributed by atoms with Crippen molar-refractivity contribution in [3.8, 4) is 0 Å². The third-order valence-corrected chi connectivity index (χ3v) is 3.37. The van der Waals surface area contributed by atoms with Crippen molar-refractivity contribution in [3.63, 3.8) is 0 Å². The van der Waals surface area contributed by atoms with Crippen molar-refractivity contribution in [3.05, 3.63) is 71.3 Å². The molecular formula is C17H18N2O4. The van der Waals surface area contributed by atoms with Gasteiger partial charge < -0.3 is 10.0 Å². The van der Waals surface area contributed by atoms with Crippen molar-refractivity contribution in [2.75, 3.05) is 13.2 Å². The summed E-state index contributed by atoms with van der Waals surface area (Å²) in [6.45, 7) is 0.394. The van der Waals surface area contributed by atoms with Gasteiger partial charge in [0, 0.05) is 24.2 Å². The van der Waals surface area contributed by atoms with Crippen molar-refractivity contribution in [1.29, 1.82) is 0 Å². The van der Waals surface area contributed by atoms with Crippen LogP contribution in [-0.4, -0.2) is 40.2 Å². The van der Waals surface area contributed by atoms with Crippen molar-refractivity contribution in [2.24, 2.45) is 0 Å². The minimum absolute atomic E-state index is 0.135. The summed E-state index contributed by atoms with van der Waals surface area (Å²) >= 11 is 0. The molecule has 2 aromatic rings. The molecule has 0 aromatic heterocycles. The average molecular weight is 314 g/mol. The molecule has 0 heterocycles. The van der Waals surface area contributed by atoms with Crippen LogP contribution in [0.1, 0.15) is 26.3 Å². The fraction of sp³-hybridized carbons (Fsp3) is 0.176. The number of aliphatic hydroxyl groups is 1. The molecule has 0 saturated heterocycles. The van der Waals surface area contributed by atoms with E-state index in [-0.39, 0.29) is 19.1 Å². The molecule has 6 heteroatoms. The molecule has 23 heavy (non-hydrogen) atoms.